The third-order valence-electron chi connectivity index (χ3n) is 2.77. The van der Waals surface area contributed by atoms with Gasteiger partial charge in [0, 0.05) is 28.8 Å². The van der Waals surface area contributed by atoms with Crippen molar-refractivity contribution in [3.63, 3.8) is 0 Å². The fraction of sp³-hybridized carbons (Fsp3) is 0.618. The van der Waals surface area contributed by atoms with Gasteiger partial charge in [-0.25, -0.2) is 4.68 Å². The van der Waals surface area contributed by atoms with Crippen LogP contribution in [0.4, 0.5) is 0 Å². The first kappa shape index (κ1) is 67.8. The van der Waals surface area contributed by atoms with Crippen molar-refractivity contribution >= 4 is 35.8 Å². The summed E-state index contributed by atoms with van der Waals surface area (Å²) in [5.41, 5.74) is 3.43. The smallest absolute Gasteiger partial charge is 0 e. The minimum Gasteiger partial charge on any atom is 0 e. The average molecular weight is 992 g/mol. The van der Waals surface area contributed by atoms with Crippen molar-refractivity contribution in [1.82, 2.24) is 15.0 Å². The summed E-state index contributed by atoms with van der Waals surface area (Å²) in [6.07, 6.45) is 3.64. The van der Waals surface area contributed by atoms with Gasteiger partial charge in [0.05, 0.1) is 5.52 Å². The summed E-state index contributed by atoms with van der Waals surface area (Å²) in [6.45, 7) is 30.7. The molecule has 1 heterocycles. The summed E-state index contributed by atoms with van der Waals surface area (Å²) in [6, 6.07) is 18.3. The Labute approximate surface area is 301 Å². The van der Waals surface area contributed by atoms with Crippen LogP contribution in [0.3, 0.4) is 0 Å². The Kier molecular flexibility index (Phi) is 141. The van der Waals surface area contributed by atoms with Gasteiger partial charge in [0.15, 0.2) is 0 Å². The van der Waals surface area contributed by atoms with E-state index in [1.165, 1.54) is 43.1 Å². The van der Waals surface area contributed by atoms with Gasteiger partial charge in [0.2, 0.25) is 0 Å². The second-order valence-corrected chi connectivity index (χ2v) is 5.46. The van der Waals surface area contributed by atoms with Crippen molar-refractivity contribution in [2.45, 2.75) is 132 Å². The maximum atomic E-state index is 3.93. The third kappa shape index (κ3) is 58.1. The molecule has 3 nitrogen and oxygen atoms in total. The van der Waals surface area contributed by atoms with Gasteiger partial charge < -0.3 is 7.43 Å². The van der Waals surface area contributed by atoms with Crippen molar-refractivity contribution in [1.29, 1.82) is 0 Å². The zero-order valence-electron chi connectivity index (χ0n) is 30.6. The van der Waals surface area contributed by atoms with Crippen molar-refractivity contribution < 1.29 is 46.4 Å². The van der Waals surface area contributed by atoms with E-state index >= 15 is 0 Å². The van der Waals surface area contributed by atoms with Crippen LogP contribution in [0, 0.1) is 32.1 Å². The summed E-state index contributed by atoms with van der Waals surface area (Å²) in [4.78, 5) is 0. The molecule has 1 aromatic heterocycles. The van der Waals surface area contributed by atoms with Crippen LogP contribution < -0.4 is 0 Å². The van der Waals surface area contributed by atoms with Crippen LogP contribution in [0.15, 0.2) is 54.6 Å². The topological polar surface area (TPSA) is 30.7 Å². The molecule has 0 N–H and O–H groups in total. The number of aryl methyl sites for hydroxylation is 2. The molecule has 0 unspecified atom stereocenters. The van der Waals surface area contributed by atoms with Crippen LogP contribution in [0.2, 0.25) is 9.26 Å². The van der Waals surface area contributed by atoms with E-state index < -0.39 is 0 Å². The number of benzene rings is 2. The minimum atomic E-state index is 0. The van der Waals surface area contributed by atoms with E-state index in [2.05, 4.69) is 78.5 Å². The van der Waals surface area contributed by atoms with Crippen molar-refractivity contribution in [3.8, 4) is 0 Å². The standard InChI is InChI=1S/C8H10.C7H7N3.2C3H8.5C2H6.CH3At.2CH3.Bi.Ti.2H/c1-2-8-6-4-3-5-7-8;1-10-7-5-3-2-4-6(7)8-9-10;2*1-3-2;6*1-2;;;;;;/h3-7H,2H2,1H3;2-5H,1H3;2*3H2,1-2H3;5*1-2H3;1H3;2*1H3;;;;/q;;;;;;;;;;;-1;;;;. The Balaban J connectivity index is -0.0000000341. The summed E-state index contributed by atoms with van der Waals surface area (Å²) >= 11 is 2.89. The minimum absolute atomic E-state index is 0. The van der Waals surface area contributed by atoms with Crippen molar-refractivity contribution in [2.24, 2.45) is 7.05 Å². The Hall–Kier alpha value is 0.321. The van der Waals surface area contributed by atoms with Gasteiger partial charge in [-0.2, -0.15) is 0 Å². The normalized spacial score (nSPS) is 6.40. The molecule has 0 aliphatic heterocycles. The first-order valence-electron chi connectivity index (χ1n) is 14.9. The van der Waals surface area contributed by atoms with Gasteiger partial charge in [-0.1, -0.05) is 164 Å². The maximum absolute atomic E-state index is 3.93. The van der Waals surface area contributed by atoms with E-state index in [1.807, 2.05) is 107 Å². The molecule has 3 aromatic rings. The molecule has 0 saturated heterocycles. The van der Waals surface area contributed by atoms with Crippen LogP contribution in [-0.4, -0.2) is 39.7 Å². The fourth-order valence-corrected chi connectivity index (χ4v) is 1.70. The molecule has 242 valence electrons. The average Bonchev–Trinajstić information content (AvgIpc) is 3.42. The number of hydrogen-bond acceptors (Lipinski definition) is 2. The van der Waals surface area contributed by atoms with Gasteiger partial charge in [-0.05, 0) is 24.1 Å². The van der Waals surface area contributed by atoms with Gasteiger partial charge >= 0.3 is 58.7 Å². The van der Waals surface area contributed by atoms with Crippen LogP contribution in [0.5, 0.6) is 0 Å². The van der Waals surface area contributed by atoms with E-state index in [-0.39, 0.29) is 29.1 Å². The van der Waals surface area contributed by atoms with Crippen LogP contribution >= 0.6 is 0 Å². The molecular weight excluding hydrogens is 917 g/mol. The summed E-state index contributed by atoms with van der Waals surface area (Å²) < 4.78 is 5.98. The molecule has 0 aliphatic rings. The predicted octanol–water partition coefficient (Wildman–Crippen LogP) is 11.9. The molecule has 0 fully saturated rings. The molecule has 0 spiro atoms. The van der Waals surface area contributed by atoms with Gasteiger partial charge in [0.1, 0.15) is 5.52 Å². The molecule has 0 radical (unpaired) electrons. The largest absolute Gasteiger partial charge is 0 e. The molecule has 2 aromatic carbocycles. The second kappa shape index (κ2) is 83.3. The summed E-state index contributed by atoms with van der Waals surface area (Å²) in [5.74, 6) is 0. The molecule has 3 rings (SSSR count). The molecule has 0 bridgehead atoms. The van der Waals surface area contributed by atoms with Gasteiger partial charge in [-0.15, -0.1) is 5.10 Å². The van der Waals surface area contributed by atoms with Crippen molar-refractivity contribution in [2.75, 3.05) is 0 Å². The second-order valence-electron chi connectivity index (χ2n) is 5.46. The van der Waals surface area contributed by atoms with Gasteiger partial charge in [0.25, 0.3) is 0 Å². The van der Waals surface area contributed by atoms with E-state index in [0.29, 0.717) is 0 Å². The fourth-order valence-electron chi connectivity index (χ4n) is 1.70. The van der Waals surface area contributed by atoms with E-state index in [0.717, 1.165) is 17.5 Å². The number of rotatable bonds is 1. The van der Waals surface area contributed by atoms with Crippen LogP contribution in [-0.2, 0) is 35.2 Å². The Morgan fingerprint density at radius 1 is 0.625 bits per heavy atom. The first-order chi connectivity index (χ1) is 18.6. The van der Waals surface area contributed by atoms with Gasteiger partial charge in [-0.3, -0.25) is 0 Å². The maximum Gasteiger partial charge on any atom is 0 e. The molecule has 0 saturated carbocycles. The number of para-hydroxylation sites is 1. The van der Waals surface area contributed by atoms with Crippen LogP contribution in [0.25, 0.3) is 11.0 Å². The number of hydrogen-bond donors (Lipinski definition) is 0. The Morgan fingerprint density at radius 3 is 1.20 bits per heavy atom. The first-order valence-corrected chi connectivity index (χ1v) is 22.3. The molecule has 0 amide bonds. The Bertz CT molecular complexity index is 650. The number of aromatic nitrogens is 3. The predicted molar refractivity (Wildman–Crippen MR) is 190 cm³/mol. The molecule has 6 heteroatoms. The SMILES string of the molecule is CC.CC.CC.CC.CC.CCC.CCC.CCc1ccccc1.C[At].Cn1nnc2ccccc21.[CH3-].[CH3][BiH2].[Ti]. The monoisotopic (exact) mass is 992 g/mol. The quantitative estimate of drug-likeness (QED) is 0.180. The molecule has 0 aliphatic carbocycles. The molecule has 0 atom stereocenters. The zero-order chi connectivity index (χ0) is 32.2. The summed E-state index contributed by atoms with van der Waals surface area (Å²) in [5, 5.41) is 7.79. The number of nitrogens with zero attached hydrogens (tertiary/aromatic N) is 3. The zero-order valence-corrected chi connectivity index (χ0v) is 39.6. The van der Waals surface area contributed by atoms with Crippen molar-refractivity contribution in [3.05, 3.63) is 67.6 Å². The van der Waals surface area contributed by atoms with E-state index in [1.54, 1.807) is 29.4 Å². The van der Waals surface area contributed by atoms with E-state index in [9.17, 15) is 0 Å². The summed E-state index contributed by atoms with van der Waals surface area (Å²) in [7, 11) is 1.88. The Morgan fingerprint density at radius 2 is 0.925 bits per heavy atom. The van der Waals surface area contributed by atoms with E-state index in [4.69, 9.17) is 0 Å². The number of fused-ring (bicyclic) bond motifs is 1. The van der Waals surface area contributed by atoms with Crippen LogP contribution in [0.1, 0.15) is 122 Å². The molecule has 40 heavy (non-hydrogen) atoms. The third-order valence-corrected chi connectivity index (χ3v) is 2.77. The molecular formula is C34H74AtBiN3Ti-.